The standard InChI is InChI=1S/C9H7ClN2O2/c10-9(13)11-4-6-1-2-7-8(3-6)14-5-12-7/h1-3,5H,4H2,(H,11,13). The molecular formula is C9H7ClN2O2. The fourth-order valence-electron chi connectivity index (χ4n) is 1.18. The zero-order valence-corrected chi connectivity index (χ0v) is 7.91. The SMILES string of the molecule is O=C(Cl)NCc1ccc2ncoc2c1. The van der Waals surface area contributed by atoms with Crippen molar-refractivity contribution in [2.45, 2.75) is 6.54 Å². The van der Waals surface area contributed by atoms with Crippen molar-refractivity contribution in [2.24, 2.45) is 0 Å². The van der Waals surface area contributed by atoms with Crippen molar-refractivity contribution in [3.63, 3.8) is 0 Å². The van der Waals surface area contributed by atoms with Gasteiger partial charge in [0.05, 0.1) is 0 Å². The van der Waals surface area contributed by atoms with E-state index in [4.69, 9.17) is 16.0 Å². The van der Waals surface area contributed by atoms with E-state index in [0.29, 0.717) is 12.1 Å². The van der Waals surface area contributed by atoms with Gasteiger partial charge in [0.25, 0.3) is 0 Å². The Hall–Kier alpha value is -1.55. The van der Waals surface area contributed by atoms with Crippen LogP contribution in [-0.2, 0) is 6.54 Å². The molecule has 2 aromatic rings. The third-order valence-electron chi connectivity index (χ3n) is 1.83. The highest BCUT2D eigenvalue weighted by Crippen LogP contribution is 2.13. The third kappa shape index (κ3) is 1.85. The number of nitrogens with one attached hydrogen (secondary N) is 1. The molecule has 1 N–H and O–H groups in total. The second-order valence-corrected chi connectivity index (χ2v) is 3.12. The Kier molecular flexibility index (Phi) is 2.37. The molecule has 0 aliphatic rings. The van der Waals surface area contributed by atoms with Crippen molar-refractivity contribution in [3.05, 3.63) is 30.2 Å². The van der Waals surface area contributed by atoms with Gasteiger partial charge < -0.3 is 9.73 Å². The first-order valence-electron chi connectivity index (χ1n) is 4.01. The number of nitrogens with zero attached hydrogens (tertiary/aromatic N) is 1. The number of carbonyl (C=O) groups is 1. The van der Waals surface area contributed by atoms with E-state index >= 15 is 0 Å². The van der Waals surface area contributed by atoms with Crippen molar-refractivity contribution in [2.75, 3.05) is 0 Å². The second kappa shape index (κ2) is 3.67. The van der Waals surface area contributed by atoms with Gasteiger partial charge in [-0.05, 0) is 29.3 Å². The molecule has 0 radical (unpaired) electrons. The molecule has 0 fully saturated rings. The highest BCUT2D eigenvalue weighted by molar-refractivity contribution is 6.62. The van der Waals surface area contributed by atoms with Crippen LogP contribution in [0.3, 0.4) is 0 Å². The van der Waals surface area contributed by atoms with Gasteiger partial charge in [-0.3, -0.25) is 4.79 Å². The Morgan fingerprint density at radius 3 is 3.21 bits per heavy atom. The number of benzene rings is 1. The Bertz CT molecular complexity index is 467. The molecule has 72 valence electrons. The molecule has 0 saturated heterocycles. The van der Waals surface area contributed by atoms with Gasteiger partial charge in [-0.2, -0.15) is 0 Å². The quantitative estimate of drug-likeness (QED) is 0.611. The van der Waals surface area contributed by atoms with E-state index in [9.17, 15) is 4.79 Å². The summed E-state index contributed by atoms with van der Waals surface area (Å²) in [5, 5.41) is 1.92. The zero-order chi connectivity index (χ0) is 9.97. The molecule has 0 unspecified atom stereocenters. The molecule has 1 amide bonds. The van der Waals surface area contributed by atoms with E-state index in [1.165, 1.54) is 6.39 Å². The first-order valence-corrected chi connectivity index (χ1v) is 4.39. The van der Waals surface area contributed by atoms with Crippen LogP contribution in [0.15, 0.2) is 29.0 Å². The zero-order valence-electron chi connectivity index (χ0n) is 7.16. The van der Waals surface area contributed by atoms with Gasteiger partial charge in [-0.1, -0.05) is 6.07 Å². The maximum atomic E-state index is 10.4. The van der Waals surface area contributed by atoms with Crippen LogP contribution in [0.2, 0.25) is 0 Å². The van der Waals surface area contributed by atoms with E-state index in [2.05, 4.69) is 10.3 Å². The number of fused-ring (bicyclic) bond motifs is 1. The van der Waals surface area contributed by atoms with E-state index < -0.39 is 5.37 Å². The fourth-order valence-corrected chi connectivity index (χ4v) is 1.25. The summed E-state index contributed by atoms with van der Waals surface area (Å²) in [5.41, 5.74) is 2.42. The summed E-state index contributed by atoms with van der Waals surface area (Å²) in [6.07, 6.45) is 1.38. The number of halogens is 1. The maximum Gasteiger partial charge on any atom is 0.314 e. The average Bonchev–Trinajstić information content (AvgIpc) is 2.61. The van der Waals surface area contributed by atoms with E-state index in [-0.39, 0.29) is 0 Å². The van der Waals surface area contributed by atoms with Crippen molar-refractivity contribution in [1.29, 1.82) is 0 Å². The lowest BCUT2D eigenvalue weighted by molar-refractivity contribution is 0.259. The van der Waals surface area contributed by atoms with Crippen molar-refractivity contribution < 1.29 is 9.21 Å². The molecule has 0 aliphatic carbocycles. The summed E-state index contributed by atoms with van der Waals surface area (Å²) in [6, 6.07) is 5.50. The number of oxazole rings is 1. The molecule has 4 nitrogen and oxygen atoms in total. The molecule has 0 bridgehead atoms. The Balaban J connectivity index is 2.21. The minimum atomic E-state index is -0.567. The van der Waals surface area contributed by atoms with Crippen LogP contribution in [-0.4, -0.2) is 10.4 Å². The van der Waals surface area contributed by atoms with Gasteiger partial charge in [-0.25, -0.2) is 4.98 Å². The molecule has 1 aromatic heterocycles. The number of amides is 1. The van der Waals surface area contributed by atoms with Gasteiger partial charge in [0.15, 0.2) is 12.0 Å². The Labute approximate surface area is 84.9 Å². The Morgan fingerprint density at radius 2 is 2.43 bits per heavy atom. The number of carbonyl (C=O) groups excluding carboxylic acids is 1. The van der Waals surface area contributed by atoms with Crippen LogP contribution in [0, 0.1) is 0 Å². The summed E-state index contributed by atoms with van der Waals surface area (Å²) in [6.45, 7) is 0.388. The van der Waals surface area contributed by atoms with Gasteiger partial charge in [0, 0.05) is 6.54 Å². The molecule has 5 heteroatoms. The van der Waals surface area contributed by atoms with Crippen LogP contribution < -0.4 is 5.32 Å². The fraction of sp³-hybridized carbons (Fsp3) is 0.111. The first-order chi connectivity index (χ1) is 6.75. The molecule has 1 heterocycles. The van der Waals surface area contributed by atoms with Crippen LogP contribution in [0.25, 0.3) is 11.1 Å². The summed E-state index contributed by atoms with van der Waals surface area (Å²) >= 11 is 5.14. The number of hydrogen-bond donors (Lipinski definition) is 1. The molecule has 2 rings (SSSR count). The lowest BCUT2D eigenvalue weighted by atomic mass is 10.2. The average molecular weight is 211 g/mol. The minimum absolute atomic E-state index is 0.388. The molecule has 0 aliphatic heterocycles. The highest BCUT2D eigenvalue weighted by atomic mass is 35.5. The van der Waals surface area contributed by atoms with Crippen LogP contribution in [0.4, 0.5) is 4.79 Å². The summed E-state index contributed by atoms with van der Waals surface area (Å²) in [4.78, 5) is 14.4. The van der Waals surface area contributed by atoms with Crippen LogP contribution in [0.5, 0.6) is 0 Å². The van der Waals surface area contributed by atoms with E-state index in [1.54, 1.807) is 0 Å². The smallest absolute Gasteiger partial charge is 0.314 e. The molecule has 0 saturated carbocycles. The van der Waals surface area contributed by atoms with E-state index in [0.717, 1.165) is 11.1 Å². The summed E-state index contributed by atoms with van der Waals surface area (Å²) < 4.78 is 5.11. The van der Waals surface area contributed by atoms with Crippen molar-refractivity contribution in [3.8, 4) is 0 Å². The lowest BCUT2D eigenvalue weighted by Gasteiger charge is -1.99. The molecule has 14 heavy (non-hydrogen) atoms. The van der Waals surface area contributed by atoms with Gasteiger partial charge in [0.1, 0.15) is 5.52 Å². The largest absolute Gasteiger partial charge is 0.443 e. The molecule has 1 aromatic carbocycles. The topological polar surface area (TPSA) is 55.1 Å². The molecular weight excluding hydrogens is 204 g/mol. The first kappa shape index (κ1) is 9.02. The minimum Gasteiger partial charge on any atom is -0.443 e. The second-order valence-electron chi connectivity index (χ2n) is 2.78. The van der Waals surface area contributed by atoms with Crippen molar-refractivity contribution >= 4 is 28.1 Å². The monoisotopic (exact) mass is 210 g/mol. The van der Waals surface area contributed by atoms with Gasteiger partial charge >= 0.3 is 5.37 Å². The Morgan fingerprint density at radius 1 is 1.57 bits per heavy atom. The molecule has 0 spiro atoms. The van der Waals surface area contributed by atoms with E-state index in [1.807, 2.05) is 18.2 Å². The molecule has 0 atom stereocenters. The van der Waals surface area contributed by atoms with Gasteiger partial charge in [-0.15, -0.1) is 0 Å². The summed E-state index contributed by atoms with van der Waals surface area (Å²) in [7, 11) is 0. The summed E-state index contributed by atoms with van der Waals surface area (Å²) in [5.74, 6) is 0. The number of rotatable bonds is 2. The van der Waals surface area contributed by atoms with Crippen LogP contribution in [0.1, 0.15) is 5.56 Å². The normalized spacial score (nSPS) is 10.4. The third-order valence-corrected chi connectivity index (χ3v) is 1.96. The maximum absolute atomic E-state index is 10.4. The predicted octanol–water partition coefficient (Wildman–Crippen LogP) is 2.28. The lowest BCUT2D eigenvalue weighted by Crippen LogP contribution is -2.15. The van der Waals surface area contributed by atoms with Crippen molar-refractivity contribution in [1.82, 2.24) is 10.3 Å². The predicted molar refractivity (Wildman–Crippen MR) is 52.1 cm³/mol. The number of hydrogen-bond acceptors (Lipinski definition) is 3. The highest BCUT2D eigenvalue weighted by Gasteiger charge is 2.00. The number of aromatic nitrogens is 1. The van der Waals surface area contributed by atoms with Gasteiger partial charge in [0.2, 0.25) is 0 Å². The van der Waals surface area contributed by atoms with Crippen LogP contribution >= 0.6 is 11.6 Å².